The van der Waals surface area contributed by atoms with Gasteiger partial charge in [-0.1, -0.05) is 146 Å². The van der Waals surface area contributed by atoms with Crippen LogP contribution in [0.1, 0.15) is 119 Å². The van der Waals surface area contributed by atoms with E-state index in [2.05, 4.69) is 75.4 Å². The zero-order valence-electron chi connectivity index (χ0n) is 21.5. The van der Waals surface area contributed by atoms with Crippen LogP contribution < -0.4 is 0 Å². The molecule has 0 spiro atoms. The van der Waals surface area contributed by atoms with E-state index >= 15 is 0 Å². The molecule has 2 aromatic rings. The first-order valence-electron chi connectivity index (χ1n) is 13.6. The SMILES string of the molecule is CCCCCCCCCCCCCc1ccc(C(=S)C=Cc2cc(CC)ccc2CC)cc1. The minimum absolute atomic E-state index is 0.917. The molecule has 0 heterocycles. The molecule has 0 unspecified atom stereocenters. The maximum absolute atomic E-state index is 5.70. The molecule has 0 aliphatic carbocycles. The molecule has 0 N–H and O–H groups in total. The summed E-state index contributed by atoms with van der Waals surface area (Å²) in [5.41, 5.74) is 6.64. The van der Waals surface area contributed by atoms with Crippen LogP contribution in [0.4, 0.5) is 0 Å². The molecule has 0 fully saturated rings. The Morgan fingerprint density at radius 3 is 1.82 bits per heavy atom. The van der Waals surface area contributed by atoms with Crippen molar-refractivity contribution in [3.05, 3.63) is 76.4 Å². The monoisotopic (exact) mass is 462 g/mol. The Hall–Kier alpha value is -1.73. The average Bonchev–Trinajstić information content (AvgIpc) is 2.86. The normalized spacial score (nSPS) is 11.4. The van der Waals surface area contributed by atoms with Crippen molar-refractivity contribution < 1.29 is 0 Å². The molecule has 2 aromatic carbocycles. The Balaban J connectivity index is 1.69. The zero-order valence-corrected chi connectivity index (χ0v) is 22.3. The highest BCUT2D eigenvalue weighted by atomic mass is 32.1. The number of thiocarbonyl (C=S) groups is 1. The molecule has 0 aromatic heterocycles. The second-order valence-electron chi connectivity index (χ2n) is 9.42. The molecular formula is C32H46S. The average molecular weight is 463 g/mol. The first kappa shape index (κ1) is 27.5. The zero-order chi connectivity index (χ0) is 23.7. The fraction of sp³-hybridized carbons (Fsp3) is 0.531. The van der Waals surface area contributed by atoms with Crippen molar-refractivity contribution in [1.82, 2.24) is 0 Å². The van der Waals surface area contributed by atoms with E-state index < -0.39 is 0 Å². The van der Waals surface area contributed by atoms with Crippen molar-refractivity contribution in [2.24, 2.45) is 0 Å². The molecule has 0 aliphatic heterocycles. The predicted octanol–water partition coefficient (Wildman–Crippen LogP) is 10.1. The quantitative estimate of drug-likeness (QED) is 0.0975. The smallest absolute Gasteiger partial charge is 0.0449 e. The third-order valence-corrected chi connectivity index (χ3v) is 7.09. The van der Waals surface area contributed by atoms with Crippen molar-refractivity contribution in [3.63, 3.8) is 0 Å². The van der Waals surface area contributed by atoms with E-state index in [4.69, 9.17) is 12.2 Å². The molecule has 180 valence electrons. The molecule has 1 heteroatoms. The first-order chi connectivity index (χ1) is 16.2. The molecule has 0 amide bonds. The van der Waals surface area contributed by atoms with Crippen LogP contribution >= 0.6 is 12.2 Å². The lowest BCUT2D eigenvalue weighted by Crippen LogP contribution is -1.95. The molecule has 0 bridgehead atoms. The van der Waals surface area contributed by atoms with Crippen LogP contribution in [0.3, 0.4) is 0 Å². The fourth-order valence-corrected chi connectivity index (χ4v) is 4.64. The third kappa shape index (κ3) is 10.8. The lowest BCUT2D eigenvalue weighted by molar-refractivity contribution is 0.549. The van der Waals surface area contributed by atoms with Crippen LogP contribution in [0.25, 0.3) is 6.08 Å². The Kier molecular flexibility index (Phi) is 14.0. The molecule has 0 saturated carbocycles. The molecule has 2 rings (SSSR count). The highest BCUT2D eigenvalue weighted by Crippen LogP contribution is 2.17. The lowest BCUT2D eigenvalue weighted by atomic mass is 9.99. The van der Waals surface area contributed by atoms with E-state index in [0.717, 1.165) is 23.3 Å². The number of hydrogen-bond acceptors (Lipinski definition) is 1. The van der Waals surface area contributed by atoms with Crippen LogP contribution in [0.2, 0.25) is 0 Å². The summed E-state index contributed by atoms with van der Waals surface area (Å²) in [6.07, 6.45) is 23.0. The minimum Gasteiger partial charge on any atom is -0.0795 e. The Morgan fingerprint density at radius 1 is 0.667 bits per heavy atom. The van der Waals surface area contributed by atoms with Crippen molar-refractivity contribution >= 4 is 23.2 Å². The lowest BCUT2D eigenvalue weighted by Gasteiger charge is -2.07. The maximum Gasteiger partial charge on any atom is 0.0449 e. The van der Waals surface area contributed by atoms with E-state index in [1.54, 1.807) is 0 Å². The topological polar surface area (TPSA) is 0 Å². The largest absolute Gasteiger partial charge is 0.0795 e. The first-order valence-corrected chi connectivity index (χ1v) is 14.0. The number of unbranched alkanes of at least 4 members (excludes halogenated alkanes) is 10. The van der Waals surface area contributed by atoms with E-state index in [1.807, 2.05) is 0 Å². The van der Waals surface area contributed by atoms with Crippen molar-refractivity contribution in [3.8, 4) is 0 Å². The van der Waals surface area contributed by atoms with Crippen molar-refractivity contribution in [2.75, 3.05) is 0 Å². The standard InChI is InChI=1S/C32H46S/c1-4-7-8-9-10-11-12-13-14-15-16-17-28-19-22-30(23-20-28)32(33)25-24-31-26-27(5-2)18-21-29(31)6-3/h18-26H,4-17H2,1-3H3. The number of hydrogen-bond donors (Lipinski definition) is 0. The molecule has 0 radical (unpaired) electrons. The molecule has 0 nitrogen and oxygen atoms in total. The second kappa shape index (κ2) is 16.8. The van der Waals surface area contributed by atoms with Crippen molar-refractivity contribution in [2.45, 2.75) is 111 Å². The summed E-state index contributed by atoms with van der Waals surface area (Å²) in [4.78, 5) is 0.917. The van der Waals surface area contributed by atoms with Crippen LogP contribution in [-0.2, 0) is 19.3 Å². The van der Waals surface area contributed by atoms with E-state index in [0.29, 0.717) is 0 Å². The molecule has 0 aliphatic rings. The number of aryl methyl sites for hydroxylation is 3. The molecule has 0 atom stereocenters. The Bertz CT molecular complexity index is 828. The summed E-state index contributed by atoms with van der Waals surface area (Å²) in [7, 11) is 0. The van der Waals surface area contributed by atoms with Gasteiger partial charge in [0.05, 0.1) is 0 Å². The van der Waals surface area contributed by atoms with Gasteiger partial charge in [0, 0.05) is 4.86 Å². The molecular weight excluding hydrogens is 416 g/mol. The number of allylic oxidation sites excluding steroid dienone is 1. The van der Waals surface area contributed by atoms with Crippen LogP contribution in [0.5, 0.6) is 0 Å². The van der Waals surface area contributed by atoms with Gasteiger partial charge in [0.25, 0.3) is 0 Å². The number of rotatable bonds is 17. The van der Waals surface area contributed by atoms with Gasteiger partial charge >= 0.3 is 0 Å². The Labute approximate surface area is 209 Å². The van der Waals surface area contributed by atoms with Gasteiger partial charge in [-0.3, -0.25) is 0 Å². The third-order valence-electron chi connectivity index (χ3n) is 6.72. The fourth-order valence-electron chi connectivity index (χ4n) is 4.43. The molecule has 33 heavy (non-hydrogen) atoms. The van der Waals surface area contributed by atoms with E-state index in [-0.39, 0.29) is 0 Å². The van der Waals surface area contributed by atoms with Gasteiger partial charge in [0.1, 0.15) is 0 Å². The summed E-state index contributed by atoms with van der Waals surface area (Å²) in [5.74, 6) is 0. The van der Waals surface area contributed by atoms with Gasteiger partial charge in [-0.25, -0.2) is 0 Å². The summed E-state index contributed by atoms with van der Waals surface area (Å²) >= 11 is 5.70. The van der Waals surface area contributed by atoms with Crippen LogP contribution in [0, 0.1) is 0 Å². The van der Waals surface area contributed by atoms with E-state index in [9.17, 15) is 0 Å². The van der Waals surface area contributed by atoms with E-state index in [1.165, 1.54) is 99.3 Å². The van der Waals surface area contributed by atoms with Gasteiger partial charge in [-0.2, -0.15) is 0 Å². The van der Waals surface area contributed by atoms with Gasteiger partial charge in [-0.05, 0) is 59.6 Å². The predicted molar refractivity (Wildman–Crippen MR) is 153 cm³/mol. The molecule has 0 saturated heterocycles. The summed E-state index contributed by atoms with van der Waals surface area (Å²) in [6.45, 7) is 6.71. The van der Waals surface area contributed by atoms with Crippen LogP contribution in [-0.4, -0.2) is 4.86 Å². The van der Waals surface area contributed by atoms with Gasteiger partial charge in [0.15, 0.2) is 0 Å². The van der Waals surface area contributed by atoms with Gasteiger partial charge < -0.3 is 0 Å². The summed E-state index contributed by atoms with van der Waals surface area (Å²) in [6, 6.07) is 15.7. The van der Waals surface area contributed by atoms with Crippen LogP contribution in [0.15, 0.2) is 48.5 Å². The van der Waals surface area contributed by atoms with Crippen molar-refractivity contribution in [1.29, 1.82) is 0 Å². The maximum atomic E-state index is 5.70. The highest BCUT2D eigenvalue weighted by molar-refractivity contribution is 7.81. The Morgan fingerprint density at radius 2 is 1.24 bits per heavy atom. The number of benzene rings is 2. The minimum atomic E-state index is 0.917. The second-order valence-corrected chi connectivity index (χ2v) is 9.86. The van der Waals surface area contributed by atoms with Gasteiger partial charge in [0.2, 0.25) is 0 Å². The van der Waals surface area contributed by atoms with Gasteiger partial charge in [-0.15, -0.1) is 0 Å². The summed E-state index contributed by atoms with van der Waals surface area (Å²) < 4.78 is 0. The summed E-state index contributed by atoms with van der Waals surface area (Å²) in [5, 5.41) is 0. The highest BCUT2D eigenvalue weighted by Gasteiger charge is 2.02.